The van der Waals surface area contributed by atoms with E-state index < -0.39 is 0 Å². The van der Waals surface area contributed by atoms with E-state index in [-0.39, 0.29) is 18.1 Å². The summed E-state index contributed by atoms with van der Waals surface area (Å²) in [5.74, 6) is 1.50. The normalized spacial score (nSPS) is 25.3. The summed E-state index contributed by atoms with van der Waals surface area (Å²) in [5, 5.41) is 14.6. The van der Waals surface area contributed by atoms with Gasteiger partial charge in [0.2, 0.25) is 0 Å². The highest BCUT2D eigenvalue weighted by molar-refractivity contribution is 5.84. The van der Waals surface area contributed by atoms with Crippen molar-refractivity contribution in [2.45, 2.75) is 58.7 Å². The van der Waals surface area contributed by atoms with Gasteiger partial charge < -0.3 is 14.7 Å². The van der Waals surface area contributed by atoms with Crippen LogP contribution in [0.3, 0.4) is 0 Å². The van der Waals surface area contributed by atoms with E-state index in [9.17, 15) is 5.11 Å². The van der Waals surface area contributed by atoms with E-state index in [1.807, 2.05) is 44.2 Å². The molecule has 1 aliphatic rings. The number of ether oxygens (including phenoxy) is 1. The van der Waals surface area contributed by atoms with E-state index in [1.165, 1.54) is 5.56 Å². The SMILES string of the molecule is C=CCC(COc1ccc(C)cc1)ON=C(C)C1CCC(C)CC1O. The van der Waals surface area contributed by atoms with Gasteiger partial charge in [0.1, 0.15) is 12.4 Å². The van der Waals surface area contributed by atoms with Gasteiger partial charge in [0, 0.05) is 12.3 Å². The molecule has 0 saturated heterocycles. The van der Waals surface area contributed by atoms with E-state index in [2.05, 4.69) is 18.7 Å². The summed E-state index contributed by atoms with van der Waals surface area (Å²) in [5.41, 5.74) is 2.07. The molecule has 0 radical (unpaired) electrons. The van der Waals surface area contributed by atoms with Crippen molar-refractivity contribution in [3.63, 3.8) is 0 Å². The Hall–Kier alpha value is -1.81. The number of nitrogens with zero attached hydrogens (tertiary/aromatic N) is 1. The van der Waals surface area contributed by atoms with Gasteiger partial charge in [-0.1, -0.05) is 35.9 Å². The first-order valence-electron chi connectivity index (χ1n) is 9.18. The molecule has 0 aliphatic heterocycles. The van der Waals surface area contributed by atoms with Gasteiger partial charge in [0.15, 0.2) is 6.10 Å². The Morgan fingerprint density at radius 3 is 2.72 bits per heavy atom. The van der Waals surface area contributed by atoms with Crippen molar-refractivity contribution in [1.82, 2.24) is 0 Å². The van der Waals surface area contributed by atoms with Crippen LogP contribution in [0, 0.1) is 18.8 Å². The van der Waals surface area contributed by atoms with E-state index in [0.29, 0.717) is 18.9 Å². The number of benzene rings is 1. The third kappa shape index (κ3) is 6.20. The molecule has 1 fully saturated rings. The second-order valence-corrected chi connectivity index (χ2v) is 7.20. The maximum atomic E-state index is 10.3. The zero-order valence-electron chi connectivity index (χ0n) is 15.6. The van der Waals surface area contributed by atoms with Gasteiger partial charge in [0.25, 0.3) is 0 Å². The van der Waals surface area contributed by atoms with Crippen LogP contribution in [0.25, 0.3) is 0 Å². The van der Waals surface area contributed by atoms with Crippen LogP contribution < -0.4 is 4.74 Å². The van der Waals surface area contributed by atoms with Gasteiger partial charge in [-0.15, -0.1) is 6.58 Å². The Morgan fingerprint density at radius 2 is 2.08 bits per heavy atom. The zero-order valence-corrected chi connectivity index (χ0v) is 15.6. The van der Waals surface area contributed by atoms with Gasteiger partial charge in [-0.25, -0.2) is 0 Å². The molecule has 0 heterocycles. The third-order valence-electron chi connectivity index (χ3n) is 4.85. The zero-order chi connectivity index (χ0) is 18.2. The van der Waals surface area contributed by atoms with Crippen LogP contribution in [0.2, 0.25) is 0 Å². The van der Waals surface area contributed by atoms with E-state index in [4.69, 9.17) is 9.57 Å². The molecule has 4 nitrogen and oxygen atoms in total. The maximum absolute atomic E-state index is 10.3. The van der Waals surface area contributed by atoms with Crippen LogP contribution in [0.5, 0.6) is 5.75 Å². The Kier molecular flexibility index (Phi) is 7.51. The minimum absolute atomic E-state index is 0.0959. The molecule has 1 N–H and O–H groups in total. The Bertz CT molecular complexity index is 567. The molecule has 1 aromatic carbocycles. The van der Waals surface area contributed by atoms with Crippen molar-refractivity contribution in [2.75, 3.05) is 6.61 Å². The van der Waals surface area contributed by atoms with Crippen LogP contribution in [-0.2, 0) is 4.84 Å². The fraction of sp³-hybridized carbons (Fsp3) is 0.571. The molecular weight excluding hydrogens is 314 g/mol. The van der Waals surface area contributed by atoms with E-state index in [1.54, 1.807) is 0 Å². The smallest absolute Gasteiger partial charge is 0.164 e. The van der Waals surface area contributed by atoms with Crippen molar-refractivity contribution in [3.05, 3.63) is 42.5 Å². The largest absolute Gasteiger partial charge is 0.490 e. The number of aryl methyl sites for hydroxylation is 1. The number of rotatable bonds is 8. The highest BCUT2D eigenvalue weighted by Crippen LogP contribution is 2.29. The van der Waals surface area contributed by atoms with Crippen LogP contribution in [-0.4, -0.2) is 29.6 Å². The average molecular weight is 345 g/mol. The second kappa shape index (κ2) is 9.62. The van der Waals surface area contributed by atoms with Crippen LogP contribution in [0.4, 0.5) is 0 Å². The molecule has 4 atom stereocenters. The summed E-state index contributed by atoms with van der Waals surface area (Å²) in [6.07, 6.45) is 4.89. The molecule has 2 rings (SSSR count). The fourth-order valence-electron chi connectivity index (χ4n) is 3.21. The average Bonchev–Trinajstić information content (AvgIpc) is 2.58. The lowest BCUT2D eigenvalue weighted by molar-refractivity contribution is 0.0219. The lowest BCUT2D eigenvalue weighted by Gasteiger charge is -2.31. The first-order chi connectivity index (χ1) is 12.0. The van der Waals surface area contributed by atoms with Crippen molar-refractivity contribution < 1.29 is 14.7 Å². The number of aliphatic hydroxyl groups is 1. The summed E-state index contributed by atoms with van der Waals surface area (Å²) in [4.78, 5) is 5.70. The van der Waals surface area contributed by atoms with Gasteiger partial charge in [-0.05, 0) is 51.2 Å². The molecule has 1 saturated carbocycles. The van der Waals surface area contributed by atoms with Gasteiger partial charge in [0.05, 0.1) is 11.8 Å². The van der Waals surface area contributed by atoms with E-state index >= 15 is 0 Å². The molecule has 0 amide bonds. The molecule has 0 aromatic heterocycles. The standard InChI is InChI=1S/C21H31NO3/c1-5-6-19(14-24-18-10-7-15(2)8-11-18)25-22-17(4)20-12-9-16(3)13-21(20)23/h5,7-8,10-11,16,19-21,23H,1,6,9,12-14H2,2-4H3. The number of hydrogen-bond donors (Lipinski definition) is 1. The summed E-state index contributed by atoms with van der Waals surface area (Å²) < 4.78 is 5.80. The number of aliphatic hydroxyl groups excluding tert-OH is 1. The molecule has 4 heteroatoms. The fourth-order valence-corrected chi connectivity index (χ4v) is 3.21. The first kappa shape index (κ1) is 19.5. The molecular formula is C21H31NO3. The van der Waals surface area contributed by atoms with Gasteiger partial charge >= 0.3 is 0 Å². The summed E-state index contributed by atoms with van der Waals surface area (Å²) >= 11 is 0. The second-order valence-electron chi connectivity index (χ2n) is 7.20. The van der Waals surface area contributed by atoms with Crippen LogP contribution >= 0.6 is 0 Å². The predicted molar refractivity (Wildman–Crippen MR) is 102 cm³/mol. The lowest BCUT2D eigenvalue weighted by atomic mass is 9.79. The first-order valence-corrected chi connectivity index (χ1v) is 9.18. The summed E-state index contributed by atoms with van der Waals surface area (Å²) in [7, 11) is 0. The number of oxime groups is 1. The van der Waals surface area contributed by atoms with E-state index in [0.717, 1.165) is 30.7 Å². The van der Waals surface area contributed by atoms with Gasteiger partial charge in [-0.3, -0.25) is 0 Å². The van der Waals surface area contributed by atoms with Gasteiger partial charge in [-0.2, -0.15) is 0 Å². The quantitative estimate of drug-likeness (QED) is 0.428. The highest BCUT2D eigenvalue weighted by atomic mass is 16.6. The predicted octanol–water partition coefficient (Wildman–Crippen LogP) is 4.51. The Balaban J connectivity index is 1.89. The molecule has 0 bridgehead atoms. The Labute approximate surface area is 151 Å². The van der Waals surface area contributed by atoms with Crippen molar-refractivity contribution in [1.29, 1.82) is 0 Å². The Morgan fingerprint density at radius 1 is 1.36 bits per heavy atom. The molecule has 1 aliphatic carbocycles. The molecule has 0 spiro atoms. The molecule has 138 valence electrons. The van der Waals surface area contributed by atoms with Crippen LogP contribution in [0.15, 0.2) is 42.1 Å². The summed E-state index contributed by atoms with van der Waals surface area (Å²) in [6, 6.07) is 7.95. The lowest BCUT2D eigenvalue weighted by Crippen LogP contribution is -2.33. The minimum atomic E-state index is -0.322. The highest BCUT2D eigenvalue weighted by Gasteiger charge is 2.29. The maximum Gasteiger partial charge on any atom is 0.164 e. The topological polar surface area (TPSA) is 51.0 Å². The van der Waals surface area contributed by atoms with Crippen molar-refractivity contribution >= 4 is 5.71 Å². The molecule has 4 unspecified atom stereocenters. The summed E-state index contributed by atoms with van der Waals surface area (Å²) in [6.45, 7) is 10.4. The molecule has 1 aromatic rings. The van der Waals surface area contributed by atoms with Crippen LogP contribution in [0.1, 0.15) is 45.1 Å². The van der Waals surface area contributed by atoms with Crippen molar-refractivity contribution in [2.24, 2.45) is 17.0 Å². The van der Waals surface area contributed by atoms with Crippen molar-refractivity contribution in [3.8, 4) is 5.75 Å². The third-order valence-corrected chi connectivity index (χ3v) is 4.85. The monoisotopic (exact) mass is 345 g/mol. The minimum Gasteiger partial charge on any atom is -0.490 e. The molecule has 25 heavy (non-hydrogen) atoms. The number of hydrogen-bond acceptors (Lipinski definition) is 4.